The molecule has 4 fully saturated rings. The third-order valence-corrected chi connectivity index (χ3v) is 16.5. The van der Waals surface area contributed by atoms with Gasteiger partial charge in [0.05, 0.1) is 52.0 Å². The number of phosphoric ester groups is 3. The highest BCUT2D eigenvalue weighted by atomic mass is 32.5. The van der Waals surface area contributed by atoms with Crippen molar-refractivity contribution in [2.45, 2.75) is 86.0 Å². The lowest BCUT2D eigenvalue weighted by molar-refractivity contribution is -0.165. The summed E-state index contributed by atoms with van der Waals surface area (Å²) in [6.07, 6.45) is -9.91. The lowest BCUT2D eigenvalue weighted by atomic mass is 9.89. The Morgan fingerprint density at radius 3 is 1.71 bits per heavy atom. The minimum atomic E-state index is -5.44. The number of aliphatic hydroxyl groups is 2. The number of imidazole rings is 3. The number of methoxy groups -OCH3 is 1. The maximum atomic E-state index is 14.3. The lowest BCUT2D eigenvalue weighted by Crippen LogP contribution is -2.51. The average Bonchev–Trinajstić information content (AvgIpc) is 4.36. The molecule has 10 rings (SSSR count). The van der Waals surface area contributed by atoms with E-state index < -0.39 is 136 Å². The Morgan fingerprint density at radius 1 is 0.654 bits per heavy atom. The topological polar surface area (TPSA) is 512 Å². The molecule has 42 heteroatoms. The number of nitrogen functional groups attached to an aromatic ring is 3. The number of nitrogens with zero attached hydrogens (tertiary/aromatic N) is 12. The molecule has 15 atom stereocenters. The highest BCUT2D eigenvalue weighted by molar-refractivity contribution is 8.06. The van der Waals surface area contributed by atoms with Gasteiger partial charge in [-0.2, -0.15) is 0 Å². The van der Waals surface area contributed by atoms with Gasteiger partial charge in [-0.1, -0.05) is 0 Å². The second-order valence-electron chi connectivity index (χ2n) is 17.6. The number of phosphoric acid groups is 3. The number of aliphatic hydroxyl groups excluding tert-OH is 2. The summed E-state index contributed by atoms with van der Waals surface area (Å²) in [5.41, 5.74) is 16.8. The Kier molecular flexibility index (Phi) is 16.2. The van der Waals surface area contributed by atoms with Crippen molar-refractivity contribution in [1.82, 2.24) is 58.6 Å². The van der Waals surface area contributed by atoms with Crippen molar-refractivity contribution in [2.24, 2.45) is 0 Å². The molecule has 0 aliphatic carbocycles. The average molecular weight is 1200 g/mol. The molecule has 4 aliphatic heterocycles. The zero-order chi connectivity index (χ0) is 55.5. The molecule has 0 radical (unpaired) electrons. The fourth-order valence-electron chi connectivity index (χ4n) is 9.44. The van der Waals surface area contributed by atoms with Crippen LogP contribution < -0.4 is 17.2 Å². The van der Waals surface area contributed by atoms with Crippen molar-refractivity contribution in [1.29, 1.82) is 0 Å². The molecule has 0 amide bonds. The maximum Gasteiger partial charge on any atom is 0.472 e. The zero-order valence-electron chi connectivity index (χ0n) is 40.0. The Hall–Kier alpha value is -4.37. The second kappa shape index (κ2) is 22.2. The van der Waals surface area contributed by atoms with Crippen LogP contribution in [0.15, 0.2) is 38.0 Å². The number of anilines is 3. The molecule has 37 nitrogen and oxygen atoms in total. The Morgan fingerprint density at radius 2 is 1.15 bits per heavy atom. The van der Waals surface area contributed by atoms with Crippen LogP contribution in [0.2, 0.25) is 0 Å². The van der Waals surface area contributed by atoms with Crippen LogP contribution in [0.4, 0.5) is 17.5 Å². The predicted octanol–water partition coefficient (Wildman–Crippen LogP) is -1.41. The van der Waals surface area contributed by atoms with Crippen LogP contribution in [0.1, 0.15) is 31.5 Å². The smallest absolute Gasteiger partial charge is 0.394 e. The second-order valence-corrected chi connectivity index (χ2v) is 24.5. The largest absolute Gasteiger partial charge is 0.472 e. The van der Waals surface area contributed by atoms with Crippen molar-refractivity contribution in [2.75, 3.05) is 64.0 Å². The summed E-state index contributed by atoms with van der Waals surface area (Å²) >= 11 is 4.84. The van der Waals surface area contributed by atoms with Gasteiger partial charge in [0.15, 0.2) is 53.1 Å². The quantitative estimate of drug-likeness (QED) is 0.0349. The highest BCUT2D eigenvalue weighted by Gasteiger charge is 2.61. The Balaban J connectivity index is 0.895. The molecular formula is C36H49N15O22P4S. The van der Waals surface area contributed by atoms with E-state index in [-0.39, 0.29) is 64.0 Å². The molecule has 4 saturated heterocycles. The summed E-state index contributed by atoms with van der Waals surface area (Å²) in [5.74, 6) is -0.117. The van der Waals surface area contributed by atoms with Gasteiger partial charge in [-0.05, 0) is 24.6 Å². The Labute approximate surface area is 441 Å². The summed E-state index contributed by atoms with van der Waals surface area (Å²) < 4.78 is 113. The molecule has 10 heterocycles. The molecule has 6 aromatic rings. The van der Waals surface area contributed by atoms with Gasteiger partial charge >= 0.3 is 30.2 Å². The van der Waals surface area contributed by atoms with Crippen molar-refractivity contribution < 1.29 is 104 Å². The number of hydrogen-bond acceptors (Lipinski definition) is 30. The Bertz CT molecular complexity index is 3360. The summed E-state index contributed by atoms with van der Waals surface area (Å²) in [5, 5.41) is 21.0. The van der Waals surface area contributed by atoms with Gasteiger partial charge in [-0.3, -0.25) is 45.4 Å². The molecular weight excluding hydrogens is 1150 g/mol. The zero-order valence-corrected chi connectivity index (χ0v) is 44.4. The van der Waals surface area contributed by atoms with E-state index in [1.54, 1.807) is 0 Å². The van der Waals surface area contributed by atoms with Crippen molar-refractivity contribution >= 4 is 92.9 Å². The summed E-state index contributed by atoms with van der Waals surface area (Å²) in [6, 6.07) is 0. The van der Waals surface area contributed by atoms with E-state index in [1.165, 1.54) is 33.5 Å². The first-order valence-electron chi connectivity index (χ1n) is 22.9. The van der Waals surface area contributed by atoms with Gasteiger partial charge in [0, 0.05) is 13.7 Å². The monoisotopic (exact) mass is 1200 g/mol. The SMILES string of the molecule is COC1[C@@H](COP(=O)(O)OCCO)O[C@@H](n2cnc3c(N)ncnc32)[C@H]1OP(=O)(O)OC[C@H]1O[C@@H](n2cnc3c(N)ncnc32)[C@@H](OP(=O)(O)OC[C@]23CCCOC2[C@H](OP(O)(O)=S)[C@H](n2cnc4c(N)ncnc42)O3)C1O. The van der Waals surface area contributed by atoms with Crippen molar-refractivity contribution in [3.8, 4) is 0 Å². The molecule has 0 bridgehead atoms. The first-order valence-corrected chi connectivity index (χ1v) is 30.0. The van der Waals surface area contributed by atoms with Crippen LogP contribution in [0.5, 0.6) is 0 Å². The normalized spacial score (nSPS) is 30.9. The van der Waals surface area contributed by atoms with Gasteiger partial charge in [-0.15, -0.1) is 0 Å². The van der Waals surface area contributed by atoms with Gasteiger partial charge in [0.2, 0.25) is 0 Å². The molecule has 0 saturated carbocycles. The molecule has 0 spiro atoms. The van der Waals surface area contributed by atoms with E-state index in [0.29, 0.717) is 6.42 Å². The molecule has 426 valence electrons. The number of rotatable bonds is 22. The summed E-state index contributed by atoms with van der Waals surface area (Å²) in [4.78, 5) is 90.9. The van der Waals surface area contributed by atoms with Crippen molar-refractivity contribution in [3.63, 3.8) is 0 Å². The van der Waals surface area contributed by atoms with Crippen LogP contribution in [0.25, 0.3) is 33.5 Å². The van der Waals surface area contributed by atoms with Crippen LogP contribution in [-0.4, -0.2) is 194 Å². The van der Waals surface area contributed by atoms with E-state index in [1.807, 2.05) is 0 Å². The lowest BCUT2D eigenvalue weighted by Gasteiger charge is -2.38. The fourth-order valence-corrected chi connectivity index (χ4v) is 12.9. The maximum absolute atomic E-state index is 14.3. The standard InChI is InChI=1S/C36H49N15O22P4S/c1-62-22-17(8-65-74(54,55)64-6-4-52)69-34(50-14-47-19-28(38)41-11-44-31(19)50)24(22)72-75(56,57)66-7-16-21(53)23(33(68-16)49-13-46-18-27(37)40-10-43-30(18)49)71-76(58,59)67-9-36-3-2-5-63-26(36)25(73-77(60,61)78)35(70-36)51-15-48-20-29(39)42-12-45-32(20)51/h10-17,21-26,33-35,52-53H,2-9H2,1H3,(H,54,55)(H,56,57)(H,58,59)(H2,37,40,43)(H2,38,41,44)(H2,39,42,45)(H2,60,61,78)/t16-,17-,21?,22?,23+,24+,25+,26?,33-,34-,35-,36-/m1/s1. The van der Waals surface area contributed by atoms with Gasteiger partial charge < -0.3 is 75.6 Å². The van der Waals surface area contributed by atoms with Crippen LogP contribution in [0.3, 0.4) is 0 Å². The van der Waals surface area contributed by atoms with Crippen molar-refractivity contribution in [3.05, 3.63) is 38.0 Å². The van der Waals surface area contributed by atoms with Crippen LogP contribution >= 0.6 is 30.2 Å². The minimum absolute atomic E-state index is 0.0106. The van der Waals surface area contributed by atoms with Crippen LogP contribution in [-0.2, 0) is 80.9 Å². The first-order chi connectivity index (χ1) is 37.0. The molecule has 6 aromatic heterocycles. The molecule has 13 N–H and O–H groups in total. The molecule has 6 unspecified atom stereocenters. The number of aromatic nitrogens is 12. The molecule has 78 heavy (non-hydrogen) atoms. The number of fused-ring (bicyclic) bond motifs is 4. The van der Waals surface area contributed by atoms with Crippen LogP contribution in [0, 0.1) is 0 Å². The number of nitrogens with two attached hydrogens (primary N) is 3. The van der Waals surface area contributed by atoms with E-state index >= 15 is 0 Å². The summed E-state index contributed by atoms with van der Waals surface area (Å²) in [7, 11) is -14.5. The van der Waals surface area contributed by atoms with E-state index in [2.05, 4.69) is 44.9 Å². The fraction of sp³-hybridized carbons (Fsp3) is 0.583. The molecule has 0 aromatic carbocycles. The predicted molar refractivity (Wildman–Crippen MR) is 259 cm³/mol. The van der Waals surface area contributed by atoms with Gasteiger partial charge in [0.25, 0.3) is 0 Å². The van der Waals surface area contributed by atoms with E-state index in [4.69, 9.17) is 89.5 Å². The number of hydrogen-bond donors (Lipinski definition) is 10. The third-order valence-electron chi connectivity index (χ3n) is 12.7. The van der Waals surface area contributed by atoms with Gasteiger partial charge in [-0.25, -0.2) is 58.6 Å². The molecule has 4 aliphatic rings. The summed E-state index contributed by atoms with van der Waals surface area (Å²) in [6.45, 7) is -8.10. The first kappa shape index (κ1) is 56.9. The van der Waals surface area contributed by atoms with E-state index in [9.17, 15) is 43.3 Å². The third kappa shape index (κ3) is 11.5. The highest BCUT2D eigenvalue weighted by Crippen LogP contribution is 2.57. The number of ether oxygens (including phenoxy) is 5. The minimum Gasteiger partial charge on any atom is -0.394 e. The van der Waals surface area contributed by atoms with E-state index in [0.717, 1.165) is 25.3 Å². The van der Waals surface area contributed by atoms with Gasteiger partial charge in [0.1, 0.15) is 90.0 Å².